The Morgan fingerprint density at radius 2 is 1.06 bits per heavy atom. The first-order chi connectivity index (χ1) is 16.1. The van der Waals surface area contributed by atoms with Crippen LogP contribution in [0.5, 0.6) is 0 Å². The van der Waals surface area contributed by atoms with E-state index in [0.29, 0.717) is 47.1 Å². The highest BCUT2D eigenvalue weighted by Crippen LogP contribution is 2.37. The number of hydrogen-bond donors (Lipinski definition) is 0. The fourth-order valence-electron chi connectivity index (χ4n) is 4.12. The van der Waals surface area contributed by atoms with Crippen molar-refractivity contribution in [3.63, 3.8) is 0 Å². The molecule has 2 aliphatic rings. The summed E-state index contributed by atoms with van der Waals surface area (Å²) in [5, 5.41) is 0.855. The number of rotatable bonds is 4. The van der Waals surface area contributed by atoms with Gasteiger partial charge < -0.3 is 9.80 Å². The summed E-state index contributed by atoms with van der Waals surface area (Å²) in [5.74, 6) is -0.599. The van der Waals surface area contributed by atoms with Gasteiger partial charge in [-0.25, -0.2) is 0 Å². The summed E-state index contributed by atoms with van der Waals surface area (Å²) in [6, 6.07) is 6.78. The van der Waals surface area contributed by atoms with Gasteiger partial charge in [-0.15, -0.1) is 23.2 Å². The maximum absolute atomic E-state index is 11.6. The molecule has 2 aliphatic heterocycles. The van der Waals surface area contributed by atoms with Crippen molar-refractivity contribution < 1.29 is 19.2 Å². The molecular weight excluding hydrogens is 522 g/mol. The zero-order valence-electron chi connectivity index (χ0n) is 18.6. The van der Waals surface area contributed by atoms with E-state index in [1.54, 1.807) is 34.1 Å². The predicted octanol–water partition coefficient (Wildman–Crippen LogP) is 5.34. The molecule has 180 valence electrons. The van der Waals surface area contributed by atoms with Gasteiger partial charge >= 0.3 is 0 Å². The number of carbonyl (C=O) groups is 4. The van der Waals surface area contributed by atoms with Gasteiger partial charge in [0.2, 0.25) is 11.8 Å². The summed E-state index contributed by atoms with van der Waals surface area (Å²) in [7, 11) is 0. The largest absolute Gasteiger partial charge is 0.312 e. The van der Waals surface area contributed by atoms with Crippen LogP contribution in [0.3, 0.4) is 0 Å². The standard InChI is InChI=1S/2C12H11Cl2NO2/c2*1-7(16)15-5-4-8-10(15)3-2-9(12(8)14)11(17)6-13/h2*2-3H,4-6H2,1H3. The minimum Gasteiger partial charge on any atom is -0.312 e. The summed E-state index contributed by atoms with van der Waals surface area (Å²) in [4.78, 5) is 49.2. The molecule has 10 heteroatoms. The number of alkyl halides is 2. The first kappa shape index (κ1) is 26.5. The van der Waals surface area contributed by atoms with Gasteiger partial charge in [-0.3, -0.25) is 19.2 Å². The van der Waals surface area contributed by atoms with Gasteiger partial charge in [-0.2, -0.15) is 0 Å². The normalized spacial score (nSPS) is 13.7. The number of anilines is 2. The number of halogens is 4. The first-order valence-corrected chi connectivity index (χ1v) is 12.3. The Balaban J connectivity index is 0.000000191. The van der Waals surface area contributed by atoms with Gasteiger partial charge in [0, 0.05) is 49.4 Å². The Kier molecular flexibility index (Phi) is 8.63. The van der Waals surface area contributed by atoms with Crippen molar-refractivity contribution in [1.82, 2.24) is 0 Å². The summed E-state index contributed by atoms with van der Waals surface area (Å²) < 4.78 is 0. The third-order valence-electron chi connectivity index (χ3n) is 5.79. The maximum atomic E-state index is 11.6. The van der Waals surface area contributed by atoms with E-state index in [0.717, 1.165) is 22.5 Å². The highest BCUT2D eigenvalue weighted by atomic mass is 35.5. The fraction of sp³-hybridized carbons (Fsp3) is 0.333. The van der Waals surface area contributed by atoms with E-state index in [-0.39, 0.29) is 35.1 Å². The Morgan fingerprint density at radius 1 is 0.706 bits per heavy atom. The SMILES string of the molecule is CC(=O)N1CCc2c1ccc(C(=O)CCl)c2Cl.CC(=O)N1CCc2c1ccc(C(=O)CCl)c2Cl. The number of nitrogens with zero attached hydrogens (tertiary/aromatic N) is 2. The molecule has 0 fully saturated rings. The number of benzene rings is 2. The number of fused-ring (bicyclic) bond motifs is 2. The van der Waals surface area contributed by atoms with Crippen LogP contribution in [0.2, 0.25) is 10.0 Å². The molecule has 0 saturated carbocycles. The van der Waals surface area contributed by atoms with Crippen molar-refractivity contribution in [2.75, 3.05) is 34.6 Å². The van der Waals surface area contributed by atoms with Gasteiger partial charge in [-0.1, -0.05) is 23.2 Å². The van der Waals surface area contributed by atoms with Gasteiger partial charge in [0.1, 0.15) is 0 Å². The third kappa shape index (κ3) is 5.10. The van der Waals surface area contributed by atoms with Crippen molar-refractivity contribution in [2.45, 2.75) is 26.7 Å². The molecule has 4 rings (SSSR count). The molecule has 2 aromatic rings. The second-order valence-electron chi connectivity index (χ2n) is 7.80. The Hall–Kier alpha value is -2.12. The van der Waals surface area contributed by atoms with E-state index in [1.807, 2.05) is 0 Å². The molecule has 0 unspecified atom stereocenters. The molecule has 0 bridgehead atoms. The monoisotopic (exact) mass is 542 g/mol. The van der Waals surface area contributed by atoms with Crippen LogP contribution in [0.1, 0.15) is 45.7 Å². The number of hydrogen-bond acceptors (Lipinski definition) is 4. The van der Waals surface area contributed by atoms with Crippen LogP contribution >= 0.6 is 46.4 Å². The van der Waals surface area contributed by atoms with Crippen LogP contribution in [0.15, 0.2) is 24.3 Å². The summed E-state index contributed by atoms with van der Waals surface area (Å²) in [6.07, 6.45) is 1.36. The molecule has 0 N–H and O–H groups in total. The minimum absolute atomic E-state index is 0.0174. The van der Waals surface area contributed by atoms with Gasteiger partial charge in [0.05, 0.1) is 21.8 Å². The molecule has 34 heavy (non-hydrogen) atoms. The van der Waals surface area contributed by atoms with Crippen LogP contribution in [-0.2, 0) is 22.4 Å². The molecule has 0 aliphatic carbocycles. The maximum Gasteiger partial charge on any atom is 0.223 e. The van der Waals surface area contributed by atoms with E-state index in [9.17, 15) is 19.2 Å². The Morgan fingerprint density at radius 3 is 1.35 bits per heavy atom. The van der Waals surface area contributed by atoms with E-state index in [1.165, 1.54) is 13.8 Å². The Bertz CT molecular complexity index is 1090. The molecule has 6 nitrogen and oxygen atoms in total. The van der Waals surface area contributed by atoms with Gasteiger partial charge in [-0.05, 0) is 48.2 Å². The van der Waals surface area contributed by atoms with Crippen LogP contribution in [-0.4, -0.2) is 48.2 Å². The Labute approximate surface area is 217 Å². The number of Topliss-reactive ketones (excluding diaryl/α,β-unsaturated/α-hetero) is 2. The molecule has 0 radical (unpaired) electrons. The number of carbonyl (C=O) groups excluding carboxylic acids is 4. The van der Waals surface area contributed by atoms with Crippen LogP contribution in [0.25, 0.3) is 0 Å². The van der Waals surface area contributed by atoms with Crippen molar-refractivity contribution in [2.24, 2.45) is 0 Å². The molecule has 2 aromatic carbocycles. The predicted molar refractivity (Wildman–Crippen MR) is 136 cm³/mol. The van der Waals surface area contributed by atoms with Gasteiger partial charge in [0.15, 0.2) is 11.6 Å². The second-order valence-corrected chi connectivity index (χ2v) is 9.09. The number of ketones is 2. The van der Waals surface area contributed by atoms with Crippen LogP contribution in [0.4, 0.5) is 11.4 Å². The van der Waals surface area contributed by atoms with E-state index in [4.69, 9.17) is 46.4 Å². The lowest BCUT2D eigenvalue weighted by atomic mass is 10.1. The van der Waals surface area contributed by atoms with Crippen molar-refractivity contribution in [3.8, 4) is 0 Å². The molecule has 0 atom stereocenters. The minimum atomic E-state index is -0.194. The lowest BCUT2D eigenvalue weighted by Gasteiger charge is -2.15. The van der Waals surface area contributed by atoms with Crippen LogP contribution in [0, 0.1) is 0 Å². The molecule has 2 heterocycles. The summed E-state index contributed by atoms with van der Waals surface area (Å²) in [6.45, 7) is 4.26. The molecule has 2 amide bonds. The summed E-state index contributed by atoms with van der Waals surface area (Å²) in [5.41, 5.74) is 4.19. The smallest absolute Gasteiger partial charge is 0.223 e. The van der Waals surface area contributed by atoms with E-state index >= 15 is 0 Å². The molecule has 0 spiro atoms. The lowest BCUT2D eigenvalue weighted by Crippen LogP contribution is -2.25. The third-order valence-corrected chi connectivity index (χ3v) is 7.14. The highest BCUT2D eigenvalue weighted by Gasteiger charge is 2.27. The average molecular weight is 544 g/mol. The molecular formula is C24H22Cl4N2O4. The average Bonchev–Trinajstić information content (AvgIpc) is 3.44. The zero-order valence-corrected chi connectivity index (χ0v) is 21.6. The van der Waals surface area contributed by atoms with Crippen molar-refractivity contribution in [3.05, 3.63) is 56.6 Å². The van der Waals surface area contributed by atoms with Crippen LogP contribution < -0.4 is 9.80 Å². The topological polar surface area (TPSA) is 74.8 Å². The lowest BCUT2D eigenvalue weighted by molar-refractivity contribution is -0.117. The quantitative estimate of drug-likeness (QED) is 0.385. The number of amides is 2. The summed E-state index contributed by atoms with van der Waals surface area (Å²) >= 11 is 23.4. The van der Waals surface area contributed by atoms with Gasteiger partial charge in [0.25, 0.3) is 0 Å². The molecule has 0 saturated heterocycles. The van der Waals surface area contributed by atoms with E-state index in [2.05, 4.69) is 0 Å². The van der Waals surface area contributed by atoms with Crippen molar-refractivity contribution in [1.29, 1.82) is 0 Å². The zero-order chi connectivity index (χ0) is 25.2. The fourth-order valence-corrected chi connectivity index (χ4v) is 5.13. The second kappa shape index (κ2) is 11.1. The first-order valence-electron chi connectivity index (χ1n) is 10.5. The molecule has 0 aromatic heterocycles. The van der Waals surface area contributed by atoms with E-state index < -0.39 is 0 Å². The highest BCUT2D eigenvalue weighted by molar-refractivity contribution is 6.39. The van der Waals surface area contributed by atoms with Crippen molar-refractivity contribution >= 4 is 81.2 Å².